The van der Waals surface area contributed by atoms with Crippen LogP contribution in [-0.2, 0) is 0 Å². The Morgan fingerprint density at radius 3 is 2.63 bits per heavy atom. The Kier molecular flexibility index (Phi) is 5.09. The van der Waals surface area contributed by atoms with E-state index in [9.17, 15) is 4.39 Å². The minimum absolute atomic E-state index is 0.112. The highest BCUT2D eigenvalue weighted by Gasteiger charge is 2.16. The zero-order chi connectivity index (χ0) is 14.0. The number of hydrogen-bond donors (Lipinski definition) is 0. The van der Waals surface area contributed by atoms with Gasteiger partial charge in [-0.25, -0.2) is 4.39 Å². The monoisotopic (exact) mass is 454 g/mol. The van der Waals surface area contributed by atoms with Crippen molar-refractivity contribution in [1.82, 2.24) is 0 Å². The number of ether oxygens (including phenoxy) is 1. The van der Waals surface area contributed by atoms with Crippen LogP contribution < -0.4 is 4.74 Å². The molecule has 0 fully saturated rings. The molecule has 0 saturated carbocycles. The molecule has 0 heterocycles. The highest BCUT2D eigenvalue weighted by atomic mass is 127. The fraction of sp³-hybridized carbons (Fsp3) is 0.143. The van der Waals surface area contributed by atoms with Crippen LogP contribution in [0.25, 0.3) is 0 Å². The third-order valence-electron chi connectivity index (χ3n) is 2.70. The Morgan fingerprint density at radius 2 is 2.00 bits per heavy atom. The van der Waals surface area contributed by atoms with E-state index in [1.54, 1.807) is 6.07 Å². The minimum Gasteiger partial charge on any atom is -0.494 e. The molecule has 0 radical (unpaired) electrons. The first-order valence-corrected chi connectivity index (χ1v) is 7.82. The molecule has 0 aromatic heterocycles. The van der Waals surface area contributed by atoms with Gasteiger partial charge in [0.25, 0.3) is 0 Å². The van der Waals surface area contributed by atoms with Gasteiger partial charge in [-0.2, -0.15) is 0 Å². The topological polar surface area (TPSA) is 9.23 Å². The van der Waals surface area contributed by atoms with Crippen LogP contribution in [0.15, 0.2) is 36.4 Å². The van der Waals surface area contributed by atoms with E-state index in [2.05, 4.69) is 38.5 Å². The van der Waals surface area contributed by atoms with Gasteiger partial charge in [-0.1, -0.05) is 33.6 Å². The van der Waals surface area contributed by atoms with Crippen molar-refractivity contribution in [2.24, 2.45) is 0 Å². The van der Waals surface area contributed by atoms with E-state index in [0.29, 0.717) is 5.02 Å². The van der Waals surface area contributed by atoms with Crippen LogP contribution in [0.1, 0.15) is 16.0 Å². The van der Waals surface area contributed by atoms with Crippen molar-refractivity contribution >= 4 is 50.1 Å². The van der Waals surface area contributed by atoms with E-state index in [4.69, 9.17) is 16.3 Å². The third kappa shape index (κ3) is 3.41. The molecule has 19 heavy (non-hydrogen) atoms. The summed E-state index contributed by atoms with van der Waals surface area (Å²) in [4.78, 5) is -0.112. The molecule has 100 valence electrons. The van der Waals surface area contributed by atoms with Crippen molar-refractivity contribution < 1.29 is 9.13 Å². The molecular formula is C14H10BrClFIO. The summed E-state index contributed by atoms with van der Waals surface area (Å²) in [7, 11) is 1.45. The molecule has 0 aliphatic rings. The zero-order valence-electron chi connectivity index (χ0n) is 9.96. The lowest BCUT2D eigenvalue weighted by Gasteiger charge is -2.14. The largest absolute Gasteiger partial charge is 0.494 e. The second-order valence-corrected chi connectivity index (χ2v) is 6.44. The standard InChI is InChI=1S/C14H10BrClFIO/c1-19-13-5-2-8(6-11(13)17)14(15)10-7-9(16)3-4-12(10)18/h2-7,14H,1H3. The second-order valence-electron chi connectivity index (χ2n) is 3.92. The van der Waals surface area contributed by atoms with Crippen LogP contribution in [0.3, 0.4) is 0 Å². The van der Waals surface area contributed by atoms with Gasteiger partial charge < -0.3 is 4.74 Å². The Bertz CT molecular complexity index is 606. The van der Waals surface area contributed by atoms with Gasteiger partial charge in [-0.15, -0.1) is 0 Å². The maximum absolute atomic E-state index is 13.7. The van der Waals surface area contributed by atoms with Gasteiger partial charge in [-0.05, 0) is 64.0 Å². The Morgan fingerprint density at radius 1 is 1.26 bits per heavy atom. The van der Waals surface area contributed by atoms with Gasteiger partial charge in [-0.3, -0.25) is 0 Å². The summed E-state index contributed by atoms with van der Waals surface area (Å²) < 4.78 is 19.7. The molecule has 2 aromatic carbocycles. The molecule has 5 heteroatoms. The maximum Gasteiger partial charge on any atom is 0.165 e. The fourth-order valence-corrected chi connectivity index (χ4v) is 3.65. The highest BCUT2D eigenvalue weighted by molar-refractivity contribution is 14.1. The zero-order valence-corrected chi connectivity index (χ0v) is 14.5. The average molecular weight is 455 g/mol. The summed E-state index contributed by atoms with van der Waals surface area (Å²) in [5.74, 6) is -0.134. The fourth-order valence-electron chi connectivity index (χ4n) is 1.73. The van der Waals surface area contributed by atoms with Crippen molar-refractivity contribution in [2.45, 2.75) is 4.83 Å². The maximum atomic E-state index is 13.7. The molecule has 0 saturated heterocycles. The highest BCUT2D eigenvalue weighted by Crippen LogP contribution is 2.36. The first-order valence-electron chi connectivity index (χ1n) is 5.45. The SMILES string of the molecule is COc1ccc(C(Br)c2cc(Cl)ccc2I)cc1F. The van der Waals surface area contributed by atoms with Crippen molar-refractivity contribution in [3.05, 3.63) is 61.9 Å². The first-order chi connectivity index (χ1) is 9.02. The van der Waals surface area contributed by atoms with E-state index < -0.39 is 0 Å². The van der Waals surface area contributed by atoms with Gasteiger partial charge in [0, 0.05) is 8.59 Å². The number of alkyl halides is 1. The first kappa shape index (κ1) is 15.1. The number of hydrogen-bond acceptors (Lipinski definition) is 1. The van der Waals surface area contributed by atoms with E-state index in [1.807, 2.05) is 24.3 Å². The Hall–Kier alpha value is -0.330. The summed E-state index contributed by atoms with van der Waals surface area (Å²) in [5.41, 5.74) is 1.83. The molecular weight excluding hydrogens is 445 g/mol. The Labute approximate surface area is 138 Å². The van der Waals surface area contributed by atoms with Crippen molar-refractivity contribution in [3.8, 4) is 5.75 Å². The van der Waals surface area contributed by atoms with E-state index in [0.717, 1.165) is 14.7 Å². The second kappa shape index (κ2) is 6.41. The summed E-state index contributed by atoms with van der Waals surface area (Å²) in [6.07, 6.45) is 0. The molecule has 0 amide bonds. The number of rotatable bonds is 3. The van der Waals surface area contributed by atoms with Crippen molar-refractivity contribution in [1.29, 1.82) is 0 Å². The van der Waals surface area contributed by atoms with E-state index in [-0.39, 0.29) is 16.4 Å². The van der Waals surface area contributed by atoms with Crippen LogP contribution in [0.5, 0.6) is 5.75 Å². The van der Waals surface area contributed by atoms with E-state index in [1.165, 1.54) is 13.2 Å². The molecule has 0 spiro atoms. The third-order valence-corrected chi connectivity index (χ3v) is 4.94. The molecule has 2 aromatic rings. The van der Waals surface area contributed by atoms with Gasteiger partial charge in [0.15, 0.2) is 11.6 Å². The van der Waals surface area contributed by atoms with Gasteiger partial charge in [0.2, 0.25) is 0 Å². The quantitative estimate of drug-likeness (QED) is 0.434. The summed E-state index contributed by atoms with van der Waals surface area (Å²) in [6.45, 7) is 0. The predicted octanol–water partition coefficient (Wildman–Crippen LogP) is 5.58. The lowest BCUT2D eigenvalue weighted by Crippen LogP contribution is -1.98. The average Bonchev–Trinajstić information content (AvgIpc) is 2.40. The van der Waals surface area contributed by atoms with Gasteiger partial charge in [0.1, 0.15) is 0 Å². The number of benzene rings is 2. The molecule has 1 nitrogen and oxygen atoms in total. The molecule has 2 rings (SSSR count). The number of methoxy groups -OCH3 is 1. The van der Waals surface area contributed by atoms with Crippen LogP contribution in [0.4, 0.5) is 4.39 Å². The molecule has 1 atom stereocenters. The van der Waals surface area contributed by atoms with Crippen LogP contribution in [0.2, 0.25) is 5.02 Å². The number of halogens is 4. The minimum atomic E-state index is -0.374. The lowest BCUT2D eigenvalue weighted by atomic mass is 10.0. The summed E-state index contributed by atoms with van der Waals surface area (Å²) >= 11 is 11.8. The lowest BCUT2D eigenvalue weighted by molar-refractivity contribution is 0.386. The van der Waals surface area contributed by atoms with E-state index >= 15 is 0 Å². The van der Waals surface area contributed by atoms with Crippen LogP contribution >= 0.6 is 50.1 Å². The van der Waals surface area contributed by atoms with Crippen LogP contribution in [-0.4, -0.2) is 7.11 Å². The van der Waals surface area contributed by atoms with Crippen LogP contribution in [0, 0.1) is 9.39 Å². The molecule has 1 unspecified atom stereocenters. The van der Waals surface area contributed by atoms with Gasteiger partial charge >= 0.3 is 0 Å². The van der Waals surface area contributed by atoms with Gasteiger partial charge in [0.05, 0.1) is 11.9 Å². The molecule has 0 N–H and O–H groups in total. The van der Waals surface area contributed by atoms with Crippen molar-refractivity contribution in [3.63, 3.8) is 0 Å². The predicted molar refractivity (Wildman–Crippen MR) is 87.9 cm³/mol. The molecule has 0 aliphatic heterocycles. The van der Waals surface area contributed by atoms with Crippen molar-refractivity contribution in [2.75, 3.05) is 7.11 Å². The normalized spacial score (nSPS) is 12.3. The molecule has 0 bridgehead atoms. The smallest absolute Gasteiger partial charge is 0.165 e. The molecule has 0 aliphatic carbocycles. The summed E-state index contributed by atoms with van der Waals surface area (Å²) in [5, 5.41) is 0.661. The Balaban J connectivity index is 2.41. The summed E-state index contributed by atoms with van der Waals surface area (Å²) in [6, 6.07) is 10.6.